The molecule has 0 unspecified atom stereocenters. The second-order valence-corrected chi connectivity index (χ2v) is 5.18. The molecular formula is C14H11ClO2S. The summed E-state index contributed by atoms with van der Waals surface area (Å²) in [5.41, 5.74) is 1.45. The van der Waals surface area contributed by atoms with Gasteiger partial charge in [-0.2, -0.15) is 8.42 Å². The first-order valence-corrected chi connectivity index (χ1v) is 6.88. The molecule has 0 radical (unpaired) electrons. The lowest BCUT2D eigenvalue weighted by Gasteiger charge is -2.22. The molecule has 18 heavy (non-hydrogen) atoms. The molecule has 0 fully saturated rings. The largest absolute Gasteiger partial charge is 0.212 e. The van der Waals surface area contributed by atoms with E-state index in [0.717, 1.165) is 16.5 Å². The smallest absolute Gasteiger partial charge is 0.185 e. The molecule has 4 heteroatoms. The highest BCUT2D eigenvalue weighted by atomic mass is 35.5. The van der Waals surface area contributed by atoms with Crippen LogP contribution in [0.3, 0.4) is 0 Å². The van der Waals surface area contributed by atoms with Crippen molar-refractivity contribution in [3.8, 4) is 0 Å². The average Bonchev–Trinajstić information content (AvgIpc) is 2.40. The van der Waals surface area contributed by atoms with Gasteiger partial charge in [0.2, 0.25) is 10.3 Å². The zero-order valence-electron chi connectivity index (χ0n) is 9.45. The highest BCUT2D eigenvalue weighted by molar-refractivity contribution is 7.71. The number of halogens is 1. The van der Waals surface area contributed by atoms with E-state index in [1.165, 1.54) is 0 Å². The Kier molecular flexibility index (Phi) is 3.84. The predicted molar refractivity (Wildman–Crippen MR) is 74.5 cm³/mol. The van der Waals surface area contributed by atoms with Crippen LogP contribution in [0.25, 0.3) is 0 Å². The Balaban J connectivity index is 2.67. The van der Waals surface area contributed by atoms with Crippen LogP contribution >= 0.6 is 11.6 Å². The van der Waals surface area contributed by atoms with Crippen LogP contribution in [0.1, 0.15) is 11.1 Å². The van der Waals surface area contributed by atoms with Crippen LogP contribution in [-0.4, -0.2) is 13.8 Å². The fourth-order valence-electron chi connectivity index (χ4n) is 1.80. The molecule has 0 heterocycles. The van der Waals surface area contributed by atoms with Gasteiger partial charge >= 0.3 is 0 Å². The van der Waals surface area contributed by atoms with E-state index in [1.807, 2.05) is 60.7 Å². The summed E-state index contributed by atoms with van der Waals surface area (Å²) in [6, 6.07) is 18.3. The van der Waals surface area contributed by atoms with Gasteiger partial charge in [0.15, 0.2) is 0 Å². The Morgan fingerprint density at radius 3 is 1.56 bits per heavy atom. The van der Waals surface area contributed by atoms with Gasteiger partial charge in [-0.1, -0.05) is 60.7 Å². The minimum atomic E-state index is -2.34. The van der Waals surface area contributed by atoms with E-state index in [4.69, 9.17) is 11.6 Å². The number of alkyl halides is 1. The normalized spacial score (nSPS) is 10.9. The van der Waals surface area contributed by atoms with Gasteiger partial charge in [-0.05, 0) is 11.1 Å². The molecule has 0 saturated carbocycles. The van der Waals surface area contributed by atoms with Crippen molar-refractivity contribution in [1.82, 2.24) is 0 Å². The quantitative estimate of drug-likeness (QED) is 0.639. The van der Waals surface area contributed by atoms with Crippen LogP contribution in [0.5, 0.6) is 0 Å². The van der Waals surface area contributed by atoms with Crippen LogP contribution in [0.2, 0.25) is 0 Å². The van der Waals surface area contributed by atoms with Crippen molar-refractivity contribution >= 4 is 27.3 Å². The predicted octanol–water partition coefficient (Wildman–Crippen LogP) is 2.85. The van der Waals surface area contributed by atoms with E-state index in [-0.39, 0.29) is 0 Å². The molecule has 0 N–H and O–H groups in total. The molecule has 0 atom stereocenters. The van der Waals surface area contributed by atoms with Gasteiger partial charge in [0.1, 0.15) is 4.87 Å². The van der Waals surface area contributed by atoms with Crippen molar-refractivity contribution in [3.63, 3.8) is 0 Å². The molecule has 2 nitrogen and oxygen atoms in total. The third kappa shape index (κ3) is 2.63. The standard InChI is InChI=1S/C14H11ClO2S/c15-14(11-18(16)17,12-7-3-1-4-8-12)13-9-5-2-6-10-13/h1-11H. The second kappa shape index (κ2) is 5.38. The van der Waals surface area contributed by atoms with Gasteiger partial charge in [-0.3, -0.25) is 0 Å². The number of rotatable bonds is 3. The number of benzene rings is 2. The summed E-state index contributed by atoms with van der Waals surface area (Å²) in [5, 5.41) is 1.11. The van der Waals surface area contributed by atoms with Crippen LogP contribution in [-0.2, 0) is 15.2 Å². The Hall–Kier alpha value is -1.58. The molecule has 0 bridgehead atoms. The Morgan fingerprint density at radius 2 is 1.22 bits per heavy atom. The first-order chi connectivity index (χ1) is 8.63. The Bertz CT molecular complexity index is 601. The maximum Gasteiger partial charge on any atom is 0.212 e. The maximum absolute atomic E-state index is 11.0. The Morgan fingerprint density at radius 1 is 0.833 bits per heavy atom. The van der Waals surface area contributed by atoms with Gasteiger partial charge in [-0.25, -0.2) is 0 Å². The zero-order valence-corrected chi connectivity index (χ0v) is 11.0. The van der Waals surface area contributed by atoms with E-state index in [1.54, 1.807) is 0 Å². The molecule has 0 aliphatic rings. The molecule has 0 saturated heterocycles. The van der Waals surface area contributed by atoms with Crippen LogP contribution < -0.4 is 0 Å². The fourth-order valence-corrected chi connectivity index (χ4v) is 2.80. The van der Waals surface area contributed by atoms with E-state index in [9.17, 15) is 8.42 Å². The van der Waals surface area contributed by atoms with E-state index in [0.29, 0.717) is 0 Å². The van der Waals surface area contributed by atoms with Gasteiger partial charge < -0.3 is 0 Å². The highest BCUT2D eigenvalue weighted by Crippen LogP contribution is 2.34. The second-order valence-electron chi connectivity index (χ2n) is 3.82. The molecule has 0 spiro atoms. The SMILES string of the molecule is O=S(=O)=CC(Cl)(c1ccccc1)c1ccccc1. The third-order valence-electron chi connectivity index (χ3n) is 2.65. The lowest BCUT2D eigenvalue weighted by atomic mass is 9.92. The topological polar surface area (TPSA) is 34.1 Å². The fraction of sp³-hybridized carbons (Fsp3) is 0.0714. The summed E-state index contributed by atoms with van der Waals surface area (Å²) in [5.74, 6) is 0. The molecular weight excluding hydrogens is 268 g/mol. The van der Waals surface area contributed by atoms with E-state index in [2.05, 4.69) is 0 Å². The number of hydrogen-bond acceptors (Lipinski definition) is 2. The Labute approximate surface area is 112 Å². The number of hydrogen-bond donors (Lipinski definition) is 0. The molecule has 0 aliphatic heterocycles. The van der Waals surface area contributed by atoms with Crippen molar-refractivity contribution in [1.29, 1.82) is 0 Å². The summed E-state index contributed by atoms with van der Waals surface area (Å²) >= 11 is 6.54. The zero-order chi connectivity index (χ0) is 13.0. The van der Waals surface area contributed by atoms with Gasteiger partial charge in [0, 0.05) is 0 Å². The first-order valence-electron chi connectivity index (χ1n) is 5.37. The van der Waals surface area contributed by atoms with Crippen molar-refractivity contribution in [2.24, 2.45) is 0 Å². The van der Waals surface area contributed by atoms with Crippen molar-refractivity contribution in [2.75, 3.05) is 0 Å². The van der Waals surface area contributed by atoms with Crippen molar-refractivity contribution in [3.05, 3.63) is 71.8 Å². The monoisotopic (exact) mass is 278 g/mol. The lowest BCUT2D eigenvalue weighted by Crippen LogP contribution is -2.22. The lowest BCUT2D eigenvalue weighted by molar-refractivity contribution is 0.627. The minimum Gasteiger partial charge on any atom is -0.185 e. The summed E-state index contributed by atoms with van der Waals surface area (Å²) in [6.45, 7) is 0. The summed E-state index contributed by atoms with van der Waals surface area (Å²) < 4.78 is 22.0. The van der Waals surface area contributed by atoms with E-state index >= 15 is 0 Å². The molecule has 0 aromatic heterocycles. The molecule has 2 aromatic rings. The minimum absolute atomic E-state index is 0.724. The van der Waals surface area contributed by atoms with Crippen LogP contribution in [0.15, 0.2) is 60.7 Å². The maximum atomic E-state index is 11.0. The van der Waals surface area contributed by atoms with Gasteiger partial charge in [0.05, 0.1) is 5.37 Å². The van der Waals surface area contributed by atoms with Crippen molar-refractivity contribution < 1.29 is 8.42 Å². The molecule has 2 aromatic carbocycles. The van der Waals surface area contributed by atoms with Gasteiger partial charge in [0.25, 0.3) is 0 Å². The highest BCUT2D eigenvalue weighted by Gasteiger charge is 2.30. The summed E-state index contributed by atoms with van der Waals surface area (Å²) in [4.78, 5) is -1.16. The molecule has 2 rings (SSSR count). The van der Waals surface area contributed by atoms with Gasteiger partial charge in [-0.15, -0.1) is 11.6 Å². The van der Waals surface area contributed by atoms with Crippen molar-refractivity contribution in [2.45, 2.75) is 4.87 Å². The molecule has 0 amide bonds. The average molecular weight is 279 g/mol. The third-order valence-corrected chi connectivity index (χ3v) is 3.87. The first kappa shape index (κ1) is 12.9. The van der Waals surface area contributed by atoms with Crippen LogP contribution in [0.4, 0.5) is 0 Å². The van der Waals surface area contributed by atoms with Crippen LogP contribution in [0, 0.1) is 0 Å². The summed E-state index contributed by atoms with van der Waals surface area (Å²) in [7, 11) is -2.34. The molecule has 0 aliphatic carbocycles. The summed E-state index contributed by atoms with van der Waals surface area (Å²) in [6.07, 6.45) is 0. The molecule has 92 valence electrons. The van der Waals surface area contributed by atoms with E-state index < -0.39 is 15.2 Å².